The molecule has 0 unspecified atom stereocenters. The molecule has 112 valence electrons. The van der Waals surface area contributed by atoms with E-state index in [0.717, 1.165) is 12.1 Å². The zero-order valence-electron chi connectivity index (χ0n) is 10.8. The van der Waals surface area contributed by atoms with Crippen LogP contribution in [0.25, 0.3) is 0 Å². The quantitative estimate of drug-likeness (QED) is 0.599. The van der Waals surface area contributed by atoms with E-state index in [0.29, 0.717) is 25.5 Å². The monoisotopic (exact) mass is 292 g/mol. The van der Waals surface area contributed by atoms with E-state index in [9.17, 15) is 22.4 Å². The Balaban J connectivity index is 2.50. The van der Waals surface area contributed by atoms with Crippen molar-refractivity contribution in [1.29, 1.82) is 0 Å². The van der Waals surface area contributed by atoms with Crippen molar-refractivity contribution >= 4 is 5.91 Å². The van der Waals surface area contributed by atoms with Gasteiger partial charge in [-0.05, 0) is 37.1 Å². The molecule has 0 saturated heterocycles. The van der Waals surface area contributed by atoms with Gasteiger partial charge in [0.2, 0.25) is 5.91 Å². The van der Waals surface area contributed by atoms with Gasteiger partial charge < -0.3 is 11.1 Å². The maximum atomic E-state index is 12.9. The summed E-state index contributed by atoms with van der Waals surface area (Å²) in [6.45, 7) is 0.452. The van der Waals surface area contributed by atoms with Crippen molar-refractivity contribution in [3.63, 3.8) is 0 Å². The van der Waals surface area contributed by atoms with Crippen LogP contribution >= 0.6 is 0 Å². The van der Waals surface area contributed by atoms with Crippen molar-refractivity contribution < 1.29 is 22.4 Å². The van der Waals surface area contributed by atoms with Crippen molar-refractivity contribution in [1.82, 2.24) is 5.32 Å². The van der Waals surface area contributed by atoms with Crippen LogP contribution in [0.3, 0.4) is 0 Å². The van der Waals surface area contributed by atoms with Crippen LogP contribution in [0.5, 0.6) is 0 Å². The molecule has 0 bridgehead atoms. The minimum Gasteiger partial charge on any atom is -0.370 e. The predicted molar refractivity (Wildman–Crippen MR) is 66.2 cm³/mol. The number of nitrogens with one attached hydrogen (secondary N) is 1. The molecule has 1 rings (SSSR count). The zero-order chi connectivity index (χ0) is 15.2. The first-order valence-corrected chi connectivity index (χ1v) is 6.15. The van der Waals surface area contributed by atoms with Crippen molar-refractivity contribution in [2.45, 2.75) is 32.0 Å². The van der Waals surface area contributed by atoms with Gasteiger partial charge in [-0.1, -0.05) is 6.07 Å². The molecule has 1 amide bonds. The fraction of sp³-hybridized carbons (Fsp3) is 0.462. The highest BCUT2D eigenvalue weighted by Crippen LogP contribution is 2.32. The number of amides is 1. The summed E-state index contributed by atoms with van der Waals surface area (Å²) in [6.07, 6.45) is -3.11. The zero-order valence-corrected chi connectivity index (χ0v) is 10.8. The Bertz CT molecular complexity index is 460. The molecule has 0 aliphatic rings. The minimum absolute atomic E-state index is 0.00574. The summed E-state index contributed by atoms with van der Waals surface area (Å²) >= 11 is 0. The number of hydrogen-bond donors (Lipinski definition) is 2. The van der Waals surface area contributed by atoms with E-state index in [1.165, 1.54) is 0 Å². The highest BCUT2D eigenvalue weighted by molar-refractivity contribution is 5.73. The summed E-state index contributed by atoms with van der Waals surface area (Å²) in [7, 11) is 0. The summed E-state index contributed by atoms with van der Waals surface area (Å²) in [5.41, 5.74) is 3.98. The second-order valence-electron chi connectivity index (χ2n) is 4.40. The van der Waals surface area contributed by atoms with Gasteiger partial charge in [-0.2, -0.15) is 13.2 Å². The van der Waals surface area contributed by atoms with Crippen LogP contribution < -0.4 is 11.1 Å². The molecule has 0 radical (unpaired) electrons. The number of alkyl halides is 3. The van der Waals surface area contributed by atoms with Crippen LogP contribution in [0.2, 0.25) is 0 Å². The van der Waals surface area contributed by atoms with Gasteiger partial charge in [0.05, 0.1) is 5.56 Å². The van der Waals surface area contributed by atoms with Gasteiger partial charge in [0.15, 0.2) is 0 Å². The van der Waals surface area contributed by atoms with E-state index in [1.807, 2.05) is 0 Å². The van der Waals surface area contributed by atoms with Crippen molar-refractivity contribution in [2.75, 3.05) is 6.54 Å². The second-order valence-corrected chi connectivity index (χ2v) is 4.40. The van der Waals surface area contributed by atoms with Crippen LogP contribution in [0.15, 0.2) is 18.2 Å². The molecule has 3 nitrogen and oxygen atoms in total. The smallest absolute Gasteiger partial charge is 0.370 e. The number of nitrogens with two attached hydrogens (primary N) is 1. The number of halogens is 4. The first kappa shape index (κ1) is 16.4. The first-order chi connectivity index (χ1) is 9.30. The van der Waals surface area contributed by atoms with Gasteiger partial charge in [0.1, 0.15) is 5.82 Å². The lowest BCUT2D eigenvalue weighted by atomic mass is 10.1. The third-order valence-electron chi connectivity index (χ3n) is 2.72. The van der Waals surface area contributed by atoms with E-state index in [-0.39, 0.29) is 18.5 Å². The van der Waals surface area contributed by atoms with Crippen LogP contribution in [0.4, 0.5) is 17.6 Å². The Morgan fingerprint density at radius 3 is 2.55 bits per heavy atom. The Morgan fingerprint density at radius 2 is 1.95 bits per heavy atom. The SMILES string of the molecule is NC(=O)CCCCNCc1ccc(F)cc1C(F)(F)F. The van der Waals surface area contributed by atoms with E-state index < -0.39 is 23.5 Å². The molecule has 0 aromatic heterocycles. The fourth-order valence-corrected chi connectivity index (χ4v) is 1.74. The Labute approximate surface area is 114 Å². The van der Waals surface area contributed by atoms with Gasteiger partial charge >= 0.3 is 6.18 Å². The topological polar surface area (TPSA) is 55.1 Å². The lowest BCUT2D eigenvalue weighted by molar-refractivity contribution is -0.138. The molecule has 1 aromatic carbocycles. The molecule has 20 heavy (non-hydrogen) atoms. The van der Waals surface area contributed by atoms with Crippen molar-refractivity contribution in [3.8, 4) is 0 Å². The normalized spacial score (nSPS) is 11.6. The maximum absolute atomic E-state index is 12.9. The van der Waals surface area contributed by atoms with E-state index in [2.05, 4.69) is 5.32 Å². The summed E-state index contributed by atoms with van der Waals surface area (Å²) in [5.74, 6) is -1.31. The number of unbranched alkanes of at least 4 members (excludes halogenated alkanes) is 1. The maximum Gasteiger partial charge on any atom is 0.416 e. The standard InChI is InChI=1S/C13H16F4N2O/c14-10-5-4-9(11(7-10)13(15,16)17)8-19-6-2-1-3-12(18)20/h4-5,7,19H,1-3,6,8H2,(H2,18,20). The van der Waals surface area contributed by atoms with E-state index in [4.69, 9.17) is 5.73 Å². The van der Waals surface area contributed by atoms with Crippen LogP contribution in [-0.4, -0.2) is 12.5 Å². The molecule has 0 aliphatic carbocycles. The molecule has 0 fully saturated rings. The third-order valence-corrected chi connectivity index (χ3v) is 2.72. The molecule has 0 saturated carbocycles. The highest BCUT2D eigenvalue weighted by atomic mass is 19.4. The number of carbonyl (C=O) groups is 1. The largest absolute Gasteiger partial charge is 0.416 e. The molecule has 3 N–H and O–H groups in total. The van der Waals surface area contributed by atoms with Crippen LogP contribution in [0, 0.1) is 5.82 Å². The van der Waals surface area contributed by atoms with Crippen molar-refractivity contribution in [3.05, 3.63) is 35.1 Å². The number of benzene rings is 1. The number of primary amides is 1. The predicted octanol–water partition coefficient (Wildman–Crippen LogP) is 2.59. The molecule has 7 heteroatoms. The second kappa shape index (κ2) is 7.23. The van der Waals surface area contributed by atoms with Crippen LogP contribution in [-0.2, 0) is 17.5 Å². The lowest BCUT2D eigenvalue weighted by Gasteiger charge is -2.13. The molecule has 1 aromatic rings. The van der Waals surface area contributed by atoms with Gasteiger partial charge in [-0.15, -0.1) is 0 Å². The van der Waals surface area contributed by atoms with Crippen LogP contribution in [0.1, 0.15) is 30.4 Å². The highest BCUT2D eigenvalue weighted by Gasteiger charge is 2.33. The van der Waals surface area contributed by atoms with E-state index >= 15 is 0 Å². The summed E-state index contributed by atoms with van der Waals surface area (Å²) in [6, 6.07) is 2.61. The average Bonchev–Trinajstić information content (AvgIpc) is 2.33. The van der Waals surface area contributed by atoms with Gasteiger partial charge in [-0.25, -0.2) is 4.39 Å². The summed E-state index contributed by atoms with van der Waals surface area (Å²) in [4.78, 5) is 10.5. The van der Waals surface area contributed by atoms with Gasteiger partial charge in [0, 0.05) is 13.0 Å². The molecular formula is C13H16F4N2O. The number of hydrogen-bond acceptors (Lipinski definition) is 2. The molecular weight excluding hydrogens is 276 g/mol. The van der Waals surface area contributed by atoms with E-state index in [1.54, 1.807) is 0 Å². The molecule has 0 spiro atoms. The minimum atomic E-state index is -4.58. The Morgan fingerprint density at radius 1 is 1.25 bits per heavy atom. The first-order valence-electron chi connectivity index (χ1n) is 6.15. The summed E-state index contributed by atoms with van der Waals surface area (Å²) < 4.78 is 51.0. The van der Waals surface area contributed by atoms with Crippen molar-refractivity contribution in [2.24, 2.45) is 5.73 Å². The Hall–Kier alpha value is -1.63. The third kappa shape index (κ3) is 5.56. The Kier molecular flexibility index (Phi) is 5.94. The summed E-state index contributed by atoms with van der Waals surface area (Å²) in [5, 5.41) is 2.83. The average molecular weight is 292 g/mol. The number of carbonyl (C=O) groups excluding carboxylic acids is 1. The molecule has 0 atom stereocenters. The lowest BCUT2D eigenvalue weighted by Crippen LogP contribution is -2.19. The van der Waals surface area contributed by atoms with Gasteiger partial charge in [-0.3, -0.25) is 4.79 Å². The molecule has 0 aliphatic heterocycles. The fourth-order valence-electron chi connectivity index (χ4n) is 1.74. The number of rotatable bonds is 7. The van der Waals surface area contributed by atoms with Gasteiger partial charge in [0.25, 0.3) is 0 Å². The molecule has 0 heterocycles.